The normalized spacial score (nSPS) is 17.6. The Hall–Kier alpha value is -3.29. The Morgan fingerprint density at radius 1 is 1.24 bits per heavy atom. The maximum atomic E-state index is 11.6. The highest BCUT2D eigenvalue weighted by atomic mass is 32.2. The van der Waals surface area contributed by atoms with Crippen molar-refractivity contribution in [2.24, 2.45) is 0 Å². The van der Waals surface area contributed by atoms with Crippen molar-refractivity contribution in [3.63, 3.8) is 0 Å². The van der Waals surface area contributed by atoms with Crippen LogP contribution in [0.4, 0.5) is 0 Å². The van der Waals surface area contributed by atoms with Gasteiger partial charge in [-0.05, 0) is 25.0 Å². The number of aromatic nitrogens is 4. The predicted molar refractivity (Wildman–Crippen MR) is 126 cm³/mol. The molecule has 2 saturated heterocycles. The number of ether oxygens (including phenoxy) is 1. The van der Waals surface area contributed by atoms with Gasteiger partial charge in [-0.1, -0.05) is 18.5 Å². The van der Waals surface area contributed by atoms with Gasteiger partial charge in [-0.3, -0.25) is 13.8 Å². The lowest BCUT2D eigenvalue weighted by Gasteiger charge is -2.41. The molecule has 0 unspecified atom stereocenters. The minimum Gasteiger partial charge on any atom is -0.494 e. The van der Waals surface area contributed by atoms with Crippen LogP contribution in [0.15, 0.2) is 43.5 Å². The van der Waals surface area contributed by atoms with Gasteiger partial charge in [0.1, 0.15) is 22.9 Å². The van der Waals surface area contributed by atoms with Crippen molar-refractivity contribution in [1.82, 2.24) is 28.6 Å². The summed E-state index contributed by atoms with van der Waals surface area (Å²) in [4.78, 5) is 13.4. The van der Waals surface area contributed by atoms with Crippen molar-refractivity contribution in [2.75, 3.05) is 33.3 Å². The molecule has 0 bridgehead atoms. The third-order valence-corrected chi connectivity index (χ3v) is 7.54. The summed E-state index contributed by atoms with van der Waals surface area (Å²) in [7, 11) is 1.60. The largest absolute Gasteiger partial charge is 0.494 e. The number of rotatable bonds is 6. The number of nitriles is 1. The molecule has 0 atom stereocenters. The first-order valence-corrected chi connectivity index (χ1v) is 11.8. The summed E-state index contributed by atoms with van der Waals surface area (Å²) in [5, 5.41) is 18.7. The minimum atomic E-state index is 0.0230. The Bertz CT molecular complexity index is 1230. The molecule has 0 radical (unpaired) electrons. The molecule has 0 N–H and O–H groups in total. The molecule has 170 valence electrons. The van der Waals surface area contributed by atoms with E-state index in [2.05, 4.69) is 38.0 Å². The molecule has 9 nitrogen and oxygen atoms in total. The van der Waals surface area contributed by atoms with Gasteiger partial charge in [0.15, 0.2) is 0 Å². The molecule has 0 aliphatic carbocycles. The fraction of sp³-hybridized carbons (Fsp3) is 0.391. The Morgan fingerprint density at radius 3 is 2.73 bits per heavy atom. The number of fused-ring (bicyclic) bond motifs is 1. The van der Waals surface area contributed by atoms with Gasteiger partial charge in [0.2, 0.25) is 5.91 Å². The topological polar surface area (TPSA) is 91.7 Å². The van der Waals surface area contributed by atoms with Gasteiger partial charge in [0.05, 0.1) is 30.8 Å². The van der Waals surface area contributed by atoms with Gasteiger partial charge < -0.3 is 9.64 Å². The standard InChI is InChI=1S/C23H25N7O2S/c1-3-22(31)27-14-20(15-27)33-28-6-4-19(5-7-28)29-13-18(11-25-29)16-8-21(32-2)23-17(9-24)10-26-30(23)12-16/h3,8,10-13,19-20H,1,4-7,14-15H2,2H3. The smallest absolute Gasteiger partial charge is 0.246 e. The zero-order valence-electron chi connectivity index (χ0n) is 18.4. The second kappa shape index (κ2) is 8.92. The van der Waals surface area contributed by atoms with Crippen molar-refractivity contribution in [1.29, 1.82) is 5.26 Å². The van der Waals surface area contributed by atoms with Crippen molar-refractivity contribution in [3.8, 4) is 22.9 Å². The number of pyridine rings is 1. The lowest BCUT2D eigenvalue weighted by Crippen LogP contribution is -2.52. The highest BCUT2D eigenvalue weighted by Crippen LogP contribution is 2.33. The van der Waals surface area contributed by atoms with Crippen LogP contribution in [0.25, 0.3) is 16.6 Å². The molecular formula is C23H25N7O2S. The molecule has 0 saturated carbocycles. The number of piperidine rings is 1. The molecule has 5 rings (SSSR count). The molecule has 2 fully saturated rings. The first-order valence-electron chi connectivity index (χ1n) is 10.9. The molecule has 3 aromatic rings. The van der Waals surface area contributed by atoms with E-state index in [1.54, 1.807) is 17.8 Å². The summed E-state index contributed by atoms with van der Waals surface area (Å²) in [5.41, 5.74) is 3.09. The van der Waals surface area contributed by atoms with Gasteiger partial charge in [-0.2, -0.15) is 15.5 Å². The molecule has 0 aromatic carbocycles. The lowest BCUT2D eigenvalue weighted by molar-refractivity contribution is -0.128. The molecule has 1 amide bonds. The second-order valence-corrected chi connectivity index (χ2v) is 9.70. The van der Waals surface area contributed by atoms with Gasteiger partial charge in [-0.15, -0.1) is 0 Å². The van der Waals surface area contributed by atoms with Gasteiger partial charge in [-0.25, -0.2) is 4.52 Å². The number of amides is 1. The van der Waals surface area contributed by atoms with Crippen molar-refractivity contribution < 1.29 is 9.53 Å². The molecular weight excluding hydrogens is 438 g/mol. The second-order valence-electron chi connectivity index (χ2n) is 8.30. The molecule has 33 heavy (non-hydrogen) atoms. The zero-order valence-corrected chi connectivity index (χ0v) is 19.2. The third-order valence-electron chi connectivity index (χ3n) is 6.28. The van der Waals surface area contributed by atoms with Crippen LogP contribution < -0.4 is 4.74 Å². The summed E-state index contributed by atoms with van der Waals surface area (Å²) in [6, 6.07) is 4.44. The first kappa shape index (κ1) is 21.6. The fourth-order valence-corrected chi connectivity index (χ4v) is 5.74. The summed E-state index contributed by atoms with van der Waals surface area (Å²) in [6.45, 7) is 7.16. The van der Waals surface area contributed by atoms with Gasteiger partial charge in [0, 0.05) is 49.7 Å². The van der Waals surface area contributed by atoms with E-state index in [1.807, 2.05) is 35.3 Å². The van der Waals surface area contributed by atoms with Crippen molar-refractivity contribution in [3.05, 3.63) is 49.1 Å². The monoisotopic (exact) mass is 463 g/mol. The van der Waals surface area contributed by atoms with E-state index < -0.39 is 0 Å². The lowest BCUT2D eigenvalue weighted by atomic mass is 10.1. The number of likely N-dealkylation sites (tertiary alicyclic amines) is 1. The molecule has 0 spiro atoms. The molecule has 2 aliphatic rings. The number of hydrogen-bond donors (Lipinski definition) is 0. The Morgan fingerprint density at radius 2 is 2.03 bits per heavy atom. The van der Waals surface area contributed by atoms with E-state index in [9.17, 15) is 10.1 Å². The summed E-state index contributed by atoms with van der Waals surface area (Å²) in [5.74, 6) is 0.638. The summed E-state index contributed by atoms with van der Waals surface area (Å²) < 4.78 is 11.7. The quantitative estimate of drug-likeness (QED) is 0.410. The molecule has 5 heterocycles. The van der Waals surface area contributed by atoms with Gasteiger partial charge in [0.25, 0.3) is 0 Å². The highest BCUT2D eigenvalue weighted by Gasteiger charge is 2.33. The zero-order chi connectivity index (χ0) is 22.9. The number of methoxy groups -OCH3 is 1. The van der Waals surface area contributed by atoms with E-state index in [0.29, 0.717) is 28.1 Å². The first-order chi connectivity index (χ1) is 16.1. The van der Waals surface area contributed by atoms with Crippen LogP contribution >= 0.6 is 11.9 Å². The molecule has 10 heteroatoms. The molecule has 2 aliphatic heterocycles. The van der Waals surface area contributed by atoms with Crippen LogP contribution in [0.2, 0.25) is 0 Å². The minimum absolute atomic E-state index is 0.0230. The summed E-state index contributed by atoms with van der Waals surface area (Å²) in [6.07, 6.45) is 10.8. The Balaban J connectivity index is 1.22. The Labute approximate surface area is 196 Å². The fourth-order valence-electron chi connectivity index (χ4n) is 4.40. The number of carbonyl (C=O) groups excluding carboxylic acids is 1. The van der Waals surface area contributed by atoms with Crippen LogP contribution in [-0.2, 0) is 4.79 Å². The van der Waals surface area contributed by atoms with Crippen LogP contribution in [0.1, 0.15) is 24.4 Å². The van der Waals surface area contributed by atoms with Crippen molar-refractivity contribution >= 4 is 23.4 Å². The maximum Gasteiger partial charge on any atom is 0.246 e. The van der Waals surface area contributed by atoms with Crippen LogP contribution in [0.3, 0.4) is 0 Å². The molecule has 3 aromatic heterocycles. The highest BCUT2D eigenvalue weighted by molar-refractivity contribution is 7.97. The van der Waals surface area contributed by atoms with E-state index in [4.69, 9.17) is 4.74 Å². The third kappa shape index (κ3) is 4.10. The van der Waals surface area contributed by atoms with E-state index in [-0.39, 0.29) is 5.91 Å². The number of carbonyl (C=O) groups is 1. The SMILES string of the molecule is C=CC(=O)N1CC(SN2CCC(n3cc(-c4cc(OC)c5c(C#N)cnn5c4)cn3)CC2)C1. The average Bonchev–Trinajstić information content (AvgIpc) is 3.48. The van der Waals surface area contributed by atoms with Crippen molar-refractivity contribution in [2.45, 2.75) is 24.1 Å². The van der Waals surface area contributed by atoms with Gasteiger partial charge >= 0.3 is 0 Å². The number of hydrogen-bond acceptors (Lipinski definition) is 7. The maximum absolute atomic E-state index is 11.6. The van der Waals surface area contributed by atoms with Crippen LogP contribution in [-0.4, -0.2) is 73.0 Å². The average molecular weight is 464 g/mol. The predicted octanol–water partition coefficient (Wildman–Crippen LogP) is 2.76. The van der Waals surface area contributed by atoms with E-state index in [1.165, 1.54) is 6.08 Å². The van der Waals surface area contributed by atoms with E-state index in [0.717, 1.165) is 50.1 Å². The van der Waals surface area contributed by atoms with Crippen LogP contribution in [0.5, 0.6) is 5.75 Å². The number of nitrogens with zero attached hydrogens (tertiary/aromatic N) is 7. The van der Waals surface area contributed by atoms with Crippen LogP contribution in [0, 0.1) is 11.3 Å². The van der Waals surface area contributed by atoms with E-state index >= 15 is 0 Å². The summed E-state index contributed by atoms with van der Waals surface area (Å²) >= 11 is 1.88. The Kier molecular flexibility index (Phi) is 5.83.